The van der Waals surface area contributed by atoms with Crippen LogP contribution in [-0.4, -0.2) is 36.8 Å². The molecule has 1 saturated heterocycles. The largest absolute Gasteiger partial charge is 0.450 e. The molecule has 1 fully saturated rings. The van der Waals surface area contributed by atoms with Crippen LogP contribution < -0.4 is 10.2 Å². The van der Waals surface area contributed by atoms with Crippen LogP contribution in [-0.2, 0) is 4.74 Å². The standard InChI is InChI=1S/C13H18BrN3O2/c1-2-19-13(18)16-11-4-3-7-17(9-11)12-8-10(14)5-6-15-12/h5-6,8,11H,2-4,7,9H2,1H3,(H,16,18). The van der Waals surface area contributed by atoms with E-state index in [9.17, 15) is 4.79 Å². The minimum atomic E-state index is -0.337. The molecule has 6 heteroatoms. The van der Waals surface area contributed by atoms with Crippen molar-refractivity contribution < 1.29 is 9.53 Å². The molecule has 104 valence electrons. The number of nitrogens with zero attached hydrogens (tertiary/aromatic N) is 2. The predicted molar refractivity (Wildman–Crippen MR) is 77.3 cm³/mol. The van der Waals surface area contributed by atoms with E-state index in [4.69, 9.17) is 4.74 Å². The third-order valence-electron chi connectivity index (χ3n) is 3.05. The lowest BCUT2D eigenvalue weighted by atomic mass is 10.1. The summed E-state index contributed by atoms with van der Waals surface area (Å²) in [5.41, 5.74) is 0. The summed E-state index contributed by atoms with van der Waals surface area (Å²) in [5.74, 6) is 0.935. The second kappa shape index (κ2) is 6.75. The van der Waals surface area contributed by atoms with Crippen LogP contribution in [0.4, 0.5) is 10.6 Å². The van der Waals surface area contributed by atoms with E-state index in [2.05, 4.69) is 31.1 Å². The van der Waals surface area contributed by atoms with Crippen molar-refractivity contribution in [2.75, 3.05) is 24.6 Å². The summed E-state index contributed by atoms with van der Waals surface area (Å²) in [6.45, 7) is 3.93. The van der Waals surface area contributed by atoms with Crippen molar-refractivity contribution in [3.63, 3.8) is 0 Å². The quantitative estimate of drug-likeness (QED) is 0.927. The highest BCUT2D eigenvalue weighted by Crippen LogP contribution is 2.21. The first-order valence-corrected chi connectivity index (χ1v) is 7.28. The second-order valence-corrected chi connectivity index (χ2v) is 5.40. The van der Waals surface area contributed by atoms with Crippen LogP contribution in [0.15, 0.2) is 22.8 Å². The molecule has 1 unspecified atom stereocenters. The number of pyridine rings is 1. The molecule has 2 heterocycles. The molecule has 0 aromatic carbocycles. The van der Waals surface area contributed by atoms with Crippen LogP contribution in [0.5, 0.6) is 0 Å². The normalized spacial score (nSPS) is 19.1. The zero-order valence-electron chi connectivity index (χ0n) is 10.9. The van der Waals surface area contributed by atoms with E-state index < -0.39 is 0 Å². The van der Waals surface area contributed by atoms with E-state index in [1.54, 1.807) is 13.1 Å². The molecule has 0 bridgehead atoms. The van der Waals surface area contributed by atoms with Gasteiger partial charge in [0.1, 0.15) is 5.82 Å². The smallest absolute Gasteiger partial charge is 0.407 e. The molecule has 2 rings (SSSR count). The Balaban J connectivity index is 1.95. The molecule has 0 saturated carbocycles. The summed E-state index contributed by atoms with van der Waals surface area (Å²) < 4.78 is 5.93. The summed E-state index contributed by atoms with van der Waals surface area (Å²) in [5, 5.41) is 2.89. The van der Waals surface area contributed by atoms with Gasteiger partial charge in [-0.05, 0) is 31.9 Å². The Labute approximate surface area is 121 Å². The molecule has 0 aliphatic carbocycles. The molecular formula is C13H18BrN3O2. The summed E-state index contributed by atoms with van der Waals surface area (Å²) in [6.07, 6.45) is 3.45. The van der Waals surface area contributed by atoms with E-state index in [1.807, 2.05) is 12.1 Å². The number of alkyl carbamates (subject to hydrolysis) is 1. The average molecular weight is 328 g/mol. The summed E-state index contributed by atoms with van der Waals surface area (Å²) >= 11 is 3.45. The molecule has 0 spiro atoms. The van der Waals surface area contributed by atoms with Crippen molar-refractivity contribution in [2.45, 2.75) is 25.8 Å². The van der Waals surface area contributed by atoms with Gasteiger partial charge in [0.2, 0.25) is 0 Å². The monoisotopic (exact) mass is 327 g/mol. The zero-order chi connectivity index (χ0) is 13.7. The van der Waals surface area contributed by atoms with Gasteiger partial charge >= 0.3 is 6.09 Å². The molecule has 1 aliphatic rings. The molecular weight excluding hydrogens is 310 g/mol. The highest BCUT2D eigenvalue weighted by molar-refractivity contribution is 9.10. The van der Waals surface area contributed by atoms with Crippen molar-refractivity contribution in [1.82, 2.24) is 10.3 Å². The average Bonchev–Trinajstić information content (AvgIpc) is 2.39. The van der Waals surface area contributed by atoms with E-state index >= 15 is 0 Å². The molecule has 1 amide bonds. The number of carbonyl (C=O) groups excluding carboxylic acids is 1. The number of anilines is 1. The maximum Gasteiger partial charge on any atom is 0.407 e. The van der Waals surface area contributed by atoms with Crippen molar-refractivity contribution in [1.29, 1.82) is 0 Å². The van der Waals surface area contributed by atoms with Crippen molar-refractivity contribution in [3.8, 4) is 0 Å². The number of ether oxygens (including phenoxy) is 1. The van der Waals surface area contributed by atoms with Gasteiger partial charge < -0.3 is 15.0 Å². The number of hydrogen-bond donors (Lipinski definition) is 1. The van der Waals surface area contributed by atoms with Crippen LogP contribution in [0.2, 0.25) is 0 Å². The van der Waals surface area contributed by atoms with Gasteiger partial charge in [-0.2, -0.15) is 0 Å². The number of halogens is 1. The molecule has 1 N–H and O–H groups in total. The number of hydrogen-bond acceptors (Lipinski definition) is 4. The van der Waals surface area contributed by atoms with Gasteiger partial charge in [0.15, 0.2) is 0 Å². The molecule has 19 heavy (non-hydrogen) atoms. The minimum absolute atomic E-state index is 0.119. The lowest BCUT2D eigenvalue weighted by Gasteiger charge is -2.33. The number of rotatable bonds is 3. The van der Waals surface area contributed by atoms with Crippen LogP contribution in [0.25, 0.3) is 0 Å². The third-order valence-corrected chi connectivity index (χ3v) is 3.54. The predicted octanol–water partition coefficient (Wildman–Crippen LogP) is 2.56. The van der Waals surface area contributed by atoms with Crippen LogP contribution >= 0.6 is 15.9 Å². The summed E-state index contributed by atoms with van der Waals surface area (Å²) in [6, 6.07) is 4.02. The van der Waals surface area contributed by atoms with E-state index in [0.29, 0.717) is 6.61 Å². The Morgan fingerprint density at radius 3 is 3.26 bits per heavy atom. The van der Waals surface area contributed by atoms with Gasteiger partial charge in [-0.3, -0.25) is 0 Å². The highest BCUT2D eigenvalue weighted by Gasteiger charge is 2.22. The van der Waals surface area contributed by atoms with Crippen molar-refractivity contribution in [3.05, 3.63) is 22.8 Å². The van der Waals surface area contributed by atoms with Gasteiger partial charge in [-0.15, -0.1) is 0 Å². The fraction of sp³-hybridized carbons (Fsp3) is 0.538. The van der Waals surface area contributed by atoms with Gasteiger partial charge in [-0.25, -0.2) is 9.78 Å². The number of carbonyl (C=O) groups is 1. The van der Waals surface area contributed by atoms with Gasteiger partial charge in [0.25, 0.3) is 0 Å². The number of piperidine rings is 1. The maximum atomic E-state index is 11.4. The third kappa shape index (κ3) is 4.09. The maximum absolute atomic E-state index is 11.4. The lowest BCUT2D eigenvalue weighted by Crippen LogP contribution is -2.48. The van der Waals surface area contributed by atoms with Crippen LogP contribution in [0, 0.1) is 0 Å². The molecule has 1 aromatic rings. The van der Waals surface area contributed by atoms with E-state index in [0.717, 1.165) is 36.2 Å². The summed E-state index contributed by atoms with van der Waals surface area (Å²) in [7, 11) is 0. The number of nitrogens with one attached hydrogen (secondary N) is 1. The van der Waals surface area contributed by atoms with Crippen molar-refractivity contribution >= 4 is 27.8 Å². The highest BCUT2D eigenvalue weighted by atomic mass is 79.9. The van der Waals surface area contributed by atoms with E-state index in [1.165, 1.54) is 0 Å². The number of aromatic nitrogens is 1. The Morgan fingerprint density at radius 2 is 2.53 bits per heavy atom. The first kappa shape index (κ1) is 14.1. The number of amides is 1. The van der Waals surface area contributed by atoms with E-state index in [-0.39, 0.29) is 12.1 Å². The summed E-state index contributed by atoms with van der Waals surface area (Å²) in [4.78, 5) is 18.0. The zero-order valence-corrected chi connectivity index (χ0v) is 12.5. The molecule has 1 aromatic heterocycles. The second-order valence-electron chi connectivity index (χ2n) is 4.48. The van der Waals surface area contributed by atoms with Gasteiger partial charge in [-0.1, -0.05) is 15.9 Å². The lowest BCUT2D eigenvalue weighted by molar-refractivity contribution is 0.146. The van der Waals surface area contributed by atoms with Crippen LogP contribution in [0.1, 0.15) is 19.8 Å². The van der Waals surface area contributed by atoms with Crippen molar-refractivity contribution in [2.24, 2.45) is 0 Å². The Hall–Kier alpha value is -1.30. The van der Waals surface area contributed by atoms with Gasteiger partial charge in [0.05, 0.1) is 6.61 Å². The fourth-order valence-electron chi connectivity index (χ4n) is 2.21. The topological polar surface area (TPSA) is 54.5 Å². The Bertz CT molecular complexity index is 442. The Morgan fingerprint density at radius 1 is 1.68 bits per heavy atom. The fourth-order valence-corrected chi connectivity index (χ4v) is 2.53. The first-order valence-electron chi connectivity index (χ1n) is 6.49. The van der Waals surface area contributed by atoms with Crippen LogP contribution in [0.3, 0.4) is 0 Å². The molecule has 5 nitrogen and oxygen atoms in total. The Kier molecular flexibility index (Phi) is 5.01. The first-order chi connectivity index (χ1) is 9.19. The molecule has 0 radical (unpaired) electrons. The van der Waals surface area contributed by atoms with Gasteiger partial charge in [0, 0.05) is 29.8 Å². The molecule has 1 aliphatic heterocycles. The SMILES string of the molecule is CCOC(=O)NC1CCCN(c2cc(Br)ccn2)C1. The molecule has 1 atom stereocenters. The minimum Gasteiger partial charge on any atom is -0.450 e.